The van der Waals surface area contributed by atoms with E-state index in [1.165, 1.54) is 7.11 Å². The monoisotopic (exact) mass is 320 g/mol. The number of nitrogens with one attached hydrogen (secondary N) is 1. The van der Waals surface area contributed by atoms with Gasteiger partial charge in [0.15, 0.2) is 0 Å². The lowest BCUT2D eigenvalue weighted by atomic mass is 10.0. The van der Waals surface area contributed by atoms with Crippen LogP contribution < -0.4 is 5.32 Å². The molecule has 2 amide bonds. The third-order valence-electron chi connectivity index (χ3n) is 2.92. The van der Waals surface area contributed by atoms with Gasteiger partial charge in [0.1, 0.15) is 18.9 Å². The normalized spacial score (nSPS) is 12.0. The minimum atomic E-state index is -0.890. The molecule has 0 saturated heterocycles. The first kappa shape index (κ1) is 18.3. The summed E-state index contributed by atoms with van der Waals surface area (Å²) in [7, 11) is 1.18. The summed E-state index contributed by atoms with van der Waals surface area (Å²) < 4.78 is 9.42. The number of nitrogens with zero attached hydrogens (tertiary/aromatic N) is 1. The van der Waals surface area contributed by atoms with Crippen LogP contribution in [0, 0.1) is 5.92 Å². The highest BCUT2D eigenvalue weighted by molar-refractivity contribution is 6.25. The Balaban J connectivity index is 2.57. The van der Waals surface area contributed by atoms with Crippen LogP contribution in [-0.4, -0.2) is 37.3 Å². The number of hydrogen-bond donors (Lipinski definition) is 1. The Morgan fingerprint density at radius 3 is 2.43 bits per heavy atom. The van der Waals surface area contributed by atoms with Crippen LogP contribution in [0.25, 0.3) is 0 Å². The lowest BCUT2D eigenvalue weighted by molar-refractivity contribution is -0.132. The predicted molar refractivity (Wildman–Crippen MR) is 83.9 cm³/mol. The zero-order valence-corrected chi connectivity index (χ0v) is 13.3. The van der Waals surface area contributed by atoms with E-state index < -0.39 is 24.0 Å². The third-order valence-corrected chi connectivity index (χ3v) is 2.92. The Morgan fingerprint density at radius 1 is 1.22 bits per heavy atom. The molecule has 0 aliphatic carbocycles. The first-order chi connectivity index (χ1) is 10.9. The smallest absolute Gasteiger partial charge is 0.408 e. The molecule has 23 heavy (non-hydrogen) atoms. The summed E-state index contributed by atoms with van der Waals surface area (Å²) in [6, 6.07) is 8.27. The van der Waals surface area contributed by atoms with E-state index in [0.29, 0.717) is 0 Å². The van der Waals surface area contributed by atoms with E-state index in [0.717, 1.165) is 11.8 Å². The van der Waals surface area contributed by atoms with Gasteiger partial charge in [0.25, 0.3) is 5.91 Å². The molecule has 1 atom stereocenters. The molecule has 0 radical (unpaired) electrons. The van der Waals surface area contributed by atoms with Gasteiger partial charge in [-0.25, -0.2) is 14.6 Å². The second kappa shape index (κ2) is 9.34. The molecule has 7 heteroatoms. The van der Waals surface area contributed by atoms with Gasteiger partial charge >= 0.3 is 12.1 Å². The van der Waals surface area contributed by atoms with Crippen molar-refractivity contribution in [2.45, 2.75) is 26.5 Å². The van der Waals surface area contributed by atoms with E-state index in [4.69, 9.17) is 4.74 Å². The Bertz CT molecular complexity index is 569. The van der Waals surface area contributed by atoms with Gasteiger partial charge in [-0.05, 0) is 11.5 Å². The van der Waals surface area contributed by atoms with Gasteiger partial charge in [0.05, 0.1) is 7.11 Å². The van der Waals surface area contributed by atoms with Crippen LogP contribution in [0.15, 0.2) is 35.3 Å². The van der Waals surface area contributed by atoms with Crippen molar-refractivity contribution in [2.75, 3.05) is 7.11 Å². The average molecular weight is 320 g/mol. The standard InChI is InChI=1S/C16H20N2O5/c1-11(2)14(15(20)17-9-13(19)22-3)18-16(21)23-10-12-7-5-4-6-8-12/h4-9,11,14H,10H2,1-3H3,(H,18,21)/t14-/m0/s1. The number of alkyl carbamates (subject to hydrolysis) is 1. The fourth-order valence-electron chi connectivity index (χ4n) is 1.65. The average Bonchev–Trinajstić information content (AvgIpc) is 2.55. The van der Waals surface area contributed by atoms with Gasteiger partial charge in [-0.3, -0.25) is 4.79 Å². The number of methoxy groups -OCH3 is 1. The molecule has 1 aromatic carbocycles. The highest BCUT2D eigenvalue weighted by Crippen LogP contribution is 2.06. The van der Waals surface area contributed by atoms with Crippen LogP contribution >= 0.6 is 0 Å². The van der Waals surface area contributed by atoms with Crippen LogP contribution in [0.1, 0.15) is 19.4 Å². The molecule has 0 aromatic heterocycles. The lowest BCUT2D eigenvalue weighted by Gasteiger charge is -2.18. The Kier molecular flexibility index (Phi) is 7.45. The molecule has 0 saturated carbocycles. The molecule has 0 aliphatic rings. The van der Waals surface area contributed by atoms with Gasteiger partial charge in [-0.15, -0.1) is 0 Å². The number of carbonyl (C=O) groups is 3. The van der Waals surface area contributed by atoms with Crippen LogP contribution in [0.5, 0.6) is 0 Å². The van der Waals surface area contributed by atoms with Crippen molar-refractivity contribution in [3.05, 3.63) is 35.9 Å². The maximum atomic E-state index is 11.9. The second-order valence-corrected chi connectivity index (χ2v) is 5.05. The summed E-state index contributed by atoms with van der Waals surface area (Å²) in [6.07, 6.45) is 0.0449. The van der Waals surface area contributed by atoms with Crippen molar-refractivity contribution >= 4 is 24.2 Å². The van der Waals surface area contributed by atoms with Crippen LogP contribution in [0.3, 0.4) is 0 Å². The quantitative estimate of drug-likeness (QED) is 0.636. The van der Waals surface area contributed by atoms with E-state index >= 15 is 0 Å². The number of esters is 1. The van der Waals surface area contributed by atoms with Crippen molar-refractivity contribution in [3.8, 4) is 0 Å². The van der Waals surface area contributed by atoms with Crippen molar-refractivity contribution in [2.24, 2.45) is 10.9 Å². The number of hydrogen-bond acceptors (Lipinski definition) is 5. The zero-order valence-electron chi connectivity index (χ0n) is 13.3. The summed E-state index contributed by atoms with van der Waals surface area (Å²) >= 11 is 0. The Hall–Kier alpha value is -2.70. The number of carbonyl (C=O) groups excluding carboxylic acids is 3. The summed E-state index contributed by atoms with van der Waals surface area (Å²) in [5.74, 6) is -1.61. The highest BCUT2D eigenvalue weighted by atomic mass is 16.5. The van der Waals surface area contributed by atoms with E-state index in [1.807, 2.05) is 30.3 Å². The summed E-state index contributed by atoms with van der Waals surface area (Å²) in [5, 5.41) is 2.45. The van der Waals surface area contributed by atoms with E-state index in [9.17, 15) is 14.4 Å². The van der Waals surface area contributed by atoms with E-state index in [1.54, 1.807) is 13.8 Å². The molecule has 1 aromatic rings. The van der Waals surface area contributed by atoms with Crippen molar-refractivity contribution in [1.29, 1.82) is 0 Å². The molecule has 0 fully saturated rings. The molecule has 124 valence electrons. The van der Waals surface area contributed by atoms with Crippen molar-refractivity contribution in [3.63, 3.8) is 0 Å². The summed E-state index contributed by atoms with van der Waals surface area (Å²) in [5.41, 5.74) is 0.832. The molecule has 0 spiro atoms. The van der Waals surface area contributed by atoms with Gasteiger partial charge in [-0.2, -0.15) is 0 Å². The van der Waals surface area contributed by atoms with Gasteiger partial charge < -0.3 is 14.8 Å². The van der Waals surface area contributed by atoms with Gasteiger partial charge in [0.2, 0.25) is 0 Å². The SMILES string of the molecule is COC(=O)C=NC(=O)[C@@H](NC(=O)OCc1ccccc1)C(C)C. The number of benzene rings is 1. The second-order valence-electron chi connectivity index (χ2n) is 5.05. The molecule has 0 unspecified atom stereocenters. The summed E-state index contributed by atoms with van der Waals surface area (Å²) in [6.45, 7) is 3.58. The molecular weight excluding hydrogens is 300 g/mol. The minimum absolute atomic E-state index is 0.0944. The fourth-order valence-corrected chi connectivity index (χ4v) is 1.65. The van der Waals surface area contributed by atoms with Gasteiger partial charge in [0, 0.05) is 0 Å². The molecular formula is C16H20N2O5. The topological polar surface area (TPSA) is 94.1 Å². The van der Waals surface area contributed by atoms with Crippen molar-refractivity contribution in [1.82, 2.24) is 5.32 Å². The molecule has 1 rings (SSSR count). The molecule has 0 bridgehead atoms. The Morgan fingerprint density at radius 2 is 1.87 bits per heavy atom. The number of aliphatic imine (C=N–C) groups is 1. The van der Waals surface area contributed by atoms with Crippen LogP contribution in [0.4, 0.5) is 4.79 Å². The molecule has 0 aliphatic heterocycles. The first-order valence-corrected chi connectivity index (χ1v) is 7.07. The predicted octanol–water partition coefficient (Wildman–Crippen LogP) is 1.71. The fraction of sp³-hybridized carbons (Fsp3) is 0.375. The van der Waals surface area contributed by atoms with E-state index in [2.05, 4.69) is 15.0 Å². The lowest BCUT2D eigenvalue weighted by Crippen LogP contribution is -2.44. The Labute approximate surface area is 134 Å². The molecule has 1 N–H and O–H groups in total. The molecule has 7 nitrogen and oxygen atoms in total. The van der Waals surface area contributed by atoms with Gasteiger partial charge in [-0.1, -0.05) is 44.2 Å². The zero-order chi connectivity index (χ0) is 17.2. The largest absolute Gasteiger partial charge is 0.465 e. The number of rotatable bonds is 6. The van der Waals surface area contributed by atoms with Crippen LogP contribution in [-0.2, 0) is 25.7 Å². The van der Waals surface area contributed by atoms with Crippen LogP contribution in [0.2, 0.25) is 0 Å². The highest BCUT2D eigenvalue weighted by Gasteiger charge is 2.24. The number of ether oxygens (including phenoxy) is 2. The maximum Gasteiger partial charge on any atom is 0.408 e. The minimum Gasteiger partial charge on any atom is -0.465 e. The first-order valence-electron chi connectivity index (χ1n) is 7.07. The maximum absolute atomic E-state index is 11.9. The van der Waals surface area contributed by atoms with E-state index in [-0.39, 0.29) is 12.5 Å². The molecule has 0 heterocycles. The number of amides is 2. The summed E-state index contributed by atoms with van der Waals surface area (Å²) in [4.78, 5) is 38.2. The van der Waals surface area contributed by atoms with Crippen molar-refractivity contribution < 1.29 is 23.9 Å². The third kappa shape index (κ3) is 6.73.